The molecule has 3 rings (SSSR count). The topological polar surface area (TPSA) is 12.0 Å². The minimum absolute atomic E-state index is 0.385. The van der Waals surface area contributed by atoms with Crippen LogP contribution in [0.2, 0.25) is 0 Å². The predicted octanol–water partition coefficient (Wildman–Crippen LogP) is 5.25. The van der Waals surface area contributed by atoms with E-state index < -0.39 is 0 Å². The van der Waals surface area contributed by atoms with Crippen molar-refractivity contribution in [3.05, 3.63) is 76.4 Å². The van der Waals surface area contributed by atoms with Crippen molar-refractivity contribution in [2.24, 2.45) is 0 Å². The van der Waals surface area contributed by atoms with E-state index in [-0.39, 0.29) is 0 Å². The van der Waals surface area contributed by atoms with Gasteiger partial charge < -0.3 is 5.32 Å². The van der Waals surface area contributed by atoms with Crippen LogP contribution in [0.5, 0.6) is 0 Å². The van der Waals surface area contributed by atoms with Crippen LogP contribution in [0.15, 0.2) is 43.0 Å². The summed E-state index contributed by atoms with van der Waals surface area (Å²) in [6.45, 7) is 10.9. The van der Waals surface area contributed by atoms with Crippen molar-refractivity contribution in [3.8, 4) is 0 Å². The summed E-state index contributed by atoms with van der Waals surface area (Å²) < 4.78 is 0. The van der Waals surface area contributed by atoms with Crippen LogP contribution in [0.3, 0.4) is 0 Å². The molecule has 1 unspecified atom stereocenters. The standard InChI is InChI=1S/C21H25N/c1-14-8-5-11-19(16(14)3)17(4)22-21-13-7-10-18-15(2)9-6-12-20(18)21/h5-6,8-9,11-12,21-22H,4,7,10,13H2,1-3H3. The molecule has 1 aliphatic carbocycles. The Kier molecular flexibility index (Phi) is 4.06. The third kappa shape index (κ3) is 2.68. The number of aryl methyl sites for hydroxylation is 2. The number of hydrogen-bond acceptors (Lipinski definition) is 1. The lowest BCUT2D eigenvalue weighted by Gasteiger charge is -2.29. The van der Waals surface area contributed by atoms with E-state index in [1.807, 2.05) is 0 Å². The SMILES string of the molecule is C=C(NC1CCCc2c(C)cccc21)c1cccc(C)c1C. The molecule has 1 nitrogen and oxygen atoms in total. The number of rotatable bonds is 3. The van der Waals surface area contributed by atoms with Crippen LogP contribution in [0.4, 0.5) is 0 Å². The fourth-order valence-corrected chi connectivity index (χ4v) is 3.55. The van der Waals surface area contributed by atoms with Crippen LogP contribution in [-0.2, 0) is 6.42 Å². The molecule has 2 aromatic carbocycles. The molecule has 0 spiro atoms. The van der Waals surface area contributed by atoms with E-state index >= 15 is 0 Å². The van der Waals surface area contributed by atoms with Crippen molar-refractivity contribution in [2.45, 2.75) is 46.1 Å². The van der Waals surface area contributed by atoms with Gasteiger partial charge in [-0.15, -0.1) is 0 Å². The Hall–Kier alpha value is -2.02. The first-order chi connectivity index (χ1) is 10.6. The van der Waals surface area contributed by atoms with Gasteiger partial charge in [0.25, 0.3) is 0 Å². The summed E-state index contributed by atoms with van der Waals surface area (Å²) in [6, 6.07) is 13.5. The van der Waals surface area contributed by atoms with Gasteiger partial charge in [-0.3, -0.25) is 0 Å². The monoisotopic (exact) mass is 291 g/mol. The van der Waals surface area contributed by atoms with E-state index in [1.54, 1.807) is 0 Å². The van der Waals surface area contributed by atoms with Crippen LogP contribution in [-0.4, -0.2) is 0 Å². The van der Waals surface area contributed by atoms with E-state index in [4.69, 9.17) is 0 Å². The maximum atomic E-state index is 4.31. The van der Waals surface area contributed by atoms with Crippen molar-refractivity contribution >= 4 is 5.70 Å². The lowest BCUT2D eigenvalue weighted by atomic mass is 9.85. The van der Waals surface area contributed by atoms with Gasteiger partial charge in [-0.25, -0.2) is 0 Å². The average Bonchev–Trinajstić information content (AvgIpc) is 2.51. The van der Waals surface area contributed by atoms with E-state index in [9.17, 15) is 0 Å². The number of benzene rings is 2. The molecule has 0 saturated carbocycles. The van der Waals surface area contributed by atoms with Crippen molar-refractivity contribution in [1.82, 2.24) is 5.32 Å². The molecule has 0 heterocycles. The van der Waals surface area contributed by atoms with Gasteiger partial charge in [-0.05, 0) is 67.9 Å². The molecule has 1 atom stereocenters. The molecule has 0 aromatic heterocycles. The van der Waals surface area contributed by atoms with Gasteiger partial charge in [0, 0.05) is 11.3 Å². The summed E-state index contributed by atoms with van der Waals surface area (Å²) in [5.74, 6) is 0. The highest BCUT2D eigenvalue weighted by atomic mass is 14.9. The first-order valence-electron chi connectivity index (χ1n) is 8.18. The zero-order valence-corrected chi connectivity index (χ0v) is 13.9. The van der Waals surface area contributed by atoms with Crippen LogP contribution in [0.1, 0.15) is 52.3 Å². The second-order valence-corrected chi connectivity index (χ2v) is 6.46. The van der Waals surface area contributed by atoms with Crippen molar-refractivity contribution in [1.29, 1.82) is 0 Å². The molecular formula is C21H25N. The molecule has 1 heteroatoms. The van der Waals surface area contributed by atoms with Gasteiger partial charge in [0.2, 0.25) is 0 Å². The summed E-state index contributed by atoms with van der Waals surface area (Å²) in [5.41, 5.74) is 9.32. The molecule has 22 heavy (non-hydrogen) atoms. The molecule has 0 radical (unpaired) electrons. The van der Waals surface area contributed by atoms with Crippen LogP contribution >= 0.6 is 0 Å². The van der Waals surface area contributed by atoms with Crippen LogP contribution in [0.25, 0.3) is 5.70 Å². The minimum atomic E-state index is 0.385. The minimum Gasteiger partial charge on any atom is -0.378 e. The number of hydrogen-bond donors (Lipinski definition) is 1. The van der Waals surface area contributed by atoms with Gasteiger partial charge in [0.05, 0.1) is 6.04 Å². The Morgan fingerprint density at radius 3 is 2.59 bits per heavy atom. The van der Waals surface area contributed by atoms with E-state index in [0.717, 1.165) is 5.70 Å². The number of nitrogens with one attached hydrogen (secondary N) is 1. The molecule has 114 valence electrons. The summed E-state index contributed by atoms with van der Waals surface area (Å²) in [7, 11) is 0. The highest BCUT2D eigenvalue weighted by Crippen LogP contribution is 2.33. The quantitative estimate of drug-likeness (QED) is 0.814. The van der Waals surface area contributed by atoms with Gasteiger partial charge in [-0.1, -0.05) is 43.0 Å². The van der Waals surface area contributed by atoms with Crippen LogP contribution < -0.4 is 5.32 Å². The Morgan fingerprint density at radius 2 is 1.77 bits per heavy atom. The summed E-state index contributed by atoms with van der Waals surface area (Å²) in [5, 5.41) is 3.69. The predicted molar refractivity (Wildman–Crippen MR) is 94.9 cm³/mol. The summed E-state index contributed by atoms with van der Waals surface area (Å²) >= 11 is 0. The van der Waals surface area contributed by atoms with Crippen molar-refractivity contribution in [3.63, 3.8) is 0 Å². The lowest BCUT2D eigenvalue weighted by molar-refractivity contribution is 0.519. The Balaban J connectivity index is 1.87. The van der Waals surface area contributed by atoms with Gasteiger partial charge in [0.15, 0.2) is 0 Å². The van der Waals surface area contributed by atoms with E-state index in [0.29, 0.717) is 6.04 Å². The van der Waals surface area contributed by atoms with Gasteiger partial charge in [-0.2, -0.15) is 0 Å². The second kappa shape index (κ2) is 6.00. The van der Waals surface area contributed by atoms with E-state index in [1.165, 1.54) is 52.6 Å². The Labute approximate surface area is 134 Å². The third-order valence-corrected chi connectivity index (χ3v) is 5.02. The normalized spacial score (nSPS) is 17.0. The van der Waals surface area contributed by atoms with Crippen LogP contribution in [0, 0.1) is 20.8 Å². The van der Waals surface area contributed by atoms with Crippen molar-refractivity contribution < 1.29 is 0 Å². The third-order valence-electron chi connectivity index (χ3n) is 5.02. The molecule has 1 aliphatic rings. The molecule has 1 N–H and O–H groups in total. The van der Waals surface area contributed by atoms with E-state index in [2.05, 4.69) is 69.1 Å². The zero-order valence-electron chi connectivity index (χ0n) is 13.9. The first-order valence-corrected chi connectivity index (χ1v) is 8.18. The smallest absolute Gasteiger partial charge is 0.0516 e. The maximum Gasteiger partial charge on any atom is 0.0516 e. The van der Waals surface area contributed by atoms with Crippen molar-refractivity contribution in [2.75, 3.05) is 0 Å². The Morgan fingerprint density at radius 1 is 1.05 bits per heavy atom. The zero-order chi connectivity index (χ0) is 15.7. The number of fused-ring (bicyclic) bond motifs is 1. The summed E-state index contributed by atoms with van der Waals surface area (Å²) in [4.78, 5) is 0. The molecule has 0 fully saturated rings. The lowest BCUT2D eigenvalue weighted by Crippen LogP contribution is -2.24. The highest BCUT2D eigenvalue weighted by Gasteiger charge is 2.21. The molecule has 0 saturated heterocycles. The van der Waals surface area contributed by atoms with Gasteiger partial charge in [0.1, 0.15) is 0 Å². The Bertz CT molecular complexity index is 712. The average molecular weight is 291 g/mol. The van der Waals surface area contributed by atoms with Gasteiger partial charge >= 0.3 is 0 Å². The fourth-order valence-electron chi connectivity index (χ4n) is 3.55. The molecule has 0 aliphatic heterocycles. The molecular weight excluding hydrogens is 266 g/mol. The largest absolute Gasteiger partial charge is 0.378 e. The summed E-state index contributed by atoms with van der Waals surface area (Å²) in [6.07, 6.45) is 3.63. The fraction of sp³-hybridized carbons (Fsp3) is 0.333. The second-order valence-electron chi connectivity index (χ2n) is 6.46. The highest BCUT2D eigenvalue weighted by molar-refractivity contribution is 5.66. The first kappa shape index (κ1) is 14.9. The molecule has 0 bridgehead atoms. The molecule has 2 aromatic rings. The molecule has 0 amide bonds. The maximum absolute atomic E-state index is 4.31.